The van der Waals surface area contributed by atoms with Crippen molar-refractivity contribution >= 4 is 35.1 Å². The van der Waals surface area contributed by atoms with Crippen LogP contribution in [0.5, 0.6) is 0 Å². The van der Waals surface area contributed by atoms with Crippen LogP contribution in [0.4, 0.5) is 5.69 Å². The molecule has 11 nitrogen and oxygen atoms in total. The third-order valence-electron chi connectivity index (χ3n) is 8.67. The van der Waals surface area contributed by atoms with Crippen molar-refractivity contribution in [3.63, 3.8) is 0 Å². The Hall–Kier alpha value is -2.76. The molecule has 0 spiro atoms. The number of halogens is 1. The minimum absolute atomic E-state index is 0.00146. The van der Waals surface area contributed by atoms with E-state index in [9.17, 15) is 19.3 Å². The number of ether oxygens (including phenoxy) is 2. The van der Waals surface area contributed by atoms with Crippen molar-refractivity contribution in [2.45, 2.75) is 103 Å². The average molecular weight is 592 g/mol. The fourth-order valence-corrected chi connectivity index (χ4v) is 6.44. The van der Waals surface area contributed by atoms with Gasteiger partial charge in [-0.15, -0.1) is 4.91 Å². The molecule has 2 saturated heterocycles. The predicted octanol–water partition coefficient (Wildman–Crippen LogP) is 3.79. The number of benzene rings is 1. The molecule has 4 rings (SSSR count). The highest BCUT2D eigenvalue weighted by Gasteiger charge is 2.53. The van der Waals surface area contributed by atoms with Crippen LogP contribution in [-0.4, -0.2) is 65.9 Å². The lowest BCUT2D eigenvalue weighted by Crippen LogP contribution is -2.60. The summed E-state index contributed by atoms with van der Waals surface area (Å²) < 4.78 is 10.7. The topological polar surface area (TPSA) is 138 Å². The maximum atomic E-state index is 14.3. The number of piperidine rings is 1. The first-order valence-corrected chi connectivity index (χ1v) is 15.0. The van der Waals surface area contributed by atoms with Gasteiger partial charge in [-0.05, 0) is 73.7 Å². The number of hydrogen-bond acceptors (Lipinski definition) is 9. The summed E-state index contributed by atoms with van der Waals surface area (Å²) in [7, 11) is 0. The van der Waals surface area contributed by atoms with Gasteiger partial charge in [-0.25, -0.2) is 0 Å². The molecule has 8 atom stereocenters. The van der Waals surface area contributed by atoms with Gasteiger partial charge in [-0.3, -0.25) is 14.4 Å². The number of nitrogens with one attached hydrogen (secondary N) is 3. The number of likely N-dealkylation sites (tertiary alicyclic amines) is 1. The number of carbonyl (C=O) groups is 3. The minimum Gasteiger partial charge on any atom is -0.433 e. The highest BCUT2D eigenvalue weighted by Crippen LogP contribution is 2.43. The normalized spacial score (nSPS) is 27.4. The summed E-state index contributed by atoms with van der Waals surface area (Å²) in [6.07, 6.45) is 1.17. The van der Waals surface area contributed by atoms with Crippen LogP contribution in [-0.2, 0) is 30.4 Å². The lowest BCUT2D eigenvalue weighted by molar-refractivity contribution is -0.165. The molecule has 0 radical (unpaired) electrons. The Labute approximate surface area is 246 Å². The Morgan fingerprint density at radius 2 is 1.98 bits per heavy atom. The van der Waals surface area contributed by atoms with Gasteiger partial charge < -0.3 is 30.3 Å². The number of amides is 2. The number of rotatable bonds is 13. The maximum Gasteiger partial charge on any atom is 0.310 e. The lowest BCUT2D eigenvalue weighted by atomic mass is 9.88. The van der Waals surface area contributed by atoms with Crippen LogP contribution in [0, 0.1) is 22.7 Å². The van der Waals surface area contributed by atoms with Gasteiger partial charge >= 0.3 is 5.97 Å². The van der Waals surface area contributed by atoms with Crippen molar-refractivity contribution in [1.29, 1.82) is 0 Å². The molecule has 1 aromatic carbocycles. The van der Waals surface area contributed by atoms with Crippen molar-refractivity contribution in [3.8, 4) is 0 Å². The fraction of sp³-hybridized carbons (Fsp3) is 0.690. The van der Waals surface area contributed by atoms with E-state index in [-0.39, 0.29) is 42.0 Å². The van der Waals surface area contributed by atoms with E-state index in [0.29, 0.717) is 23.9 Å². The molecule has 41 heavy (non-hydrogen) atoms. The standard InChI is InChI=1S/C29H42ClN5O6/c1-6-40-29-23(13-24(36)41-29)33-27(37)26-18-8-10-21(11-18)35(26)28(38)25(16(4)15(2)3)31-14-19-7-9-20(12-22(19)30)32-17(5)34-39/h7,9,12,15-18,21,23,25-26,29,31-32H,6,8,10-11,13-14H2,1-5H3,(H,33,37). The summed E-state index contributed by atoms with van der Waals surface area (Å²) in [5.41, 5.74) is 1.49. The number of anilines is 1. The molecule has 3 fully saturated rings. The molecule has 3 aliphatic rings. The fourth-order valence-electron chi connectivity index (χ4n) is 6.19. The highest BCUT2D eigenvalue weighted by atomic mass is 35.5. The van der Waals surface area contributed by atoms with Crippen molar-refractivity contribution in [1.82, 2.24) is 15.5 Å². The molecule has 0 aromatic heterocycles. The predicted molar refractivity (Wildman–Crippen MR) is 155 cm³/mol. The largest absolute Gasteiger partial charge is 0.433 e. The quantitative estimate of drug-likeness (QED) is 0.233. The Bertz CT molecular complexity index is 1130. The van der Waals surface area contributed by atoms with Crippen LogP contribution >= 0.6 is 11.6 Å². The Balaban J connectivity index is 1.50. The number of nitroso groups, excluding NO2 is 1. The molecular weight excluding hydrogens is 550 g/mol. The molecule has 2 bridgehead atoms. The smallest absolute Gasteiger partial charge is 0.310 e. The number of hydrogen-bond donors (Lipinski definition) is 3. The zero-order valence-electron chi connectivity index (χ0n) is 24.4. The van der Waals surface area contributed by atoms with Crippen molar-refractivity contribution < 1.29 is 23.9 Å². The Morgan fingerprint density at radius 3 is 2.63 bits per heavy atom. The molecule has 3 N–H and O–H groups in total. The van der Waals surface area contributed by atoms with Crippen molar-refractivity contribution in [3.05, 3.63) is 33.7 Å². The minimum atomic E-state index is -0.821. The second-order valence-electron chi connectivity index (χ2n) is 11.7. The molecule has 1 saturated carbocycles. The van der Waals surface area contributed by atoms with E-state index in [1.54, 1.807) is 24.8 Å². The van der Waals surface area contributed by atoms with E-state index >= 15 is 0 Å². The third kappa shape index (κ3) is 7.01. The van der Waals surface area contributed by atoms with Gasteiger partial charge in [0, 0.05) is 29.9 Å². The summed E-state index contributed by atoms with van der Waals surface area (Å²) in [4.78, 5) is 52.3. The van der Waals surface area contributed by atoms with E-state index in [4.69, 9.17) is 21.1 Å². The maximum absolute atomic E-state index is 14.3. The van der Waals surface area contributed by atoms with Crippen LogP contribution < -0.4 is 16.0 Å². The molecule has 2 heterocycles. The lowest BCUT2D eigenvalue weighted by Gasteiger charge is -2.39. The van der Waals surface area contributed by atoms with Gasteiger partial charge in [0.1, 0.15) is 12.1 Å². The van der Waals surface area contributed by atoms with Crippen molar-refractivity contribution in [2.75, 3.05) is 11.9 Å². The second kappa shape index (κ2) is 13.5. The van der Waals surface area contributed by atoms with E-state index in [1.807, 2.05) is 19.1 Å². The first-order chi connectivity index (χ1) is 19.5. The van der Waals surface area contributed by atoms with Gasteiger partial charge in [0.15, 0.2) is 6.17 Å². The van der Waals surface area contributed by atoms with E-state index < -0.39 is 36.6 Å². The zero-order valence-corrected chi connectivity index (χ0v) is 25.1. The number of esters is 1. The molecule has 8 unspecified atom stereocenters. The molecular formula is C29H42ClN5O6. The summed E-state index contributed by atoms with van der Waals surface area (Å²) in [6, 6.07) is 3.67. The van der Waals surface area contributed by atoms with Gasteiger partial charge in [0.05, 0.1) is 12.5 Å². The Morgan fingerprint density at radius 1 is 1.22 bits per heavy atom. The number of carbonyl (C=O) groups excluding carboxylic acids is 3. The summed E-state index contributed by atoms with van der Waals surface area (Å²) in [5.74, 6) is -0.523. The number of cyclic esters (lactones) is 1. The van der Waals surface area contributed by atoms with E-state index in [1.165, 1.54) is 0 Å². The SMILES string of the molecule is CCOC1OC(=O)CC1NC(=O)C1C2CCC(C2)N1C(=O)C(NCc1ccc(NC(C)N=O)cc1Cl)C(C)C(C)C. The van der Waals surface area contributed by atoms with Crippen LogP contribution in [0.1, 0.15) is 65.9 Å². The highest BCUT2D eigenvalue weighted by molar-refractivity contribution is 6.31. The molecule has 2 aliphatic heterocycles. The zero-order chi connectivity index (χ0) is 29.8. The van der Waals surface area contributed by atoms with E-state index in [0.717, 1.165) is 24.8 Å². The van der Waals surface area contributed by atoms with Crippen LogP contribution in [0.25, 0.3) is 0 Å². The van der Waals surface area contributed by atoms with Gasteiger partial charge in [0.2, 0.25) is 18.1 Å². The molecule has 226 valence electrons. The van der Waals surface area contributed by atoms with E-state index in [2.05, 4.69) is 35.0 Å². The first kappa shape index (κ1) is 31.2. The monoisotopic (exact) mass is 591 g/mol. The molecule has 12 heteroatoms. The third-order valence-corrected chi connectivity index (χ3v) is 9.02. The summed E-state index contributed by atoms with van der Waals surface area (Å²) in [6.45, 7) is 10.3. The molecule has 1 aliphatic carbocycles. The van der Waals surface area contributed by atoms with Crippen LogP contribution in [0.2, 0.25) is 5.02 Å². The van der Waals surface area contributed by atoms with Gasteiger partial charge in [0.25, 0.3) is 0 Å². The van der Waals surface area contributed by atoms with Gasteiger partial charge in [-0.2, -0.15) is 0 Å². The molecule has 2 amide bonds. The van der Waals surface area contributed by atoms with Crippen molar-refractivity contribution in [2.24, 2.45) is 22.9 Å². The first-order valence-electron chi connectivity index (χ1n) is 14.6. The Kier molecular flexibility index (Phi) is 10.3. The number of nitrogens with zero attached hydrogens (tertiary/aromatic N) is 2. The number of fused-ring (bicyclic) bond motifs is 2. The van der Waals surface area contributed by atoms with Crippen LogP contribution in [0.15, 0.2) is 23.4 Å². The molecule has 1 aromatic rings. The average Bonchev–Trinajstić information content (AvgIpc) is 3.64. The van der Waals surface area contributed by atoms with Crippen LogP contribution in [0.3, 0.4) is 0 Å². The summed E-state index contributed by atoms with van der Waals surface area (Å²) in [5, 5.41) is 12.8. The van der Waals surface area contributed by atoms with Gasteiger partial charge in [-0.1, -0.05) is 38.4 Å². The summed E-state index contributed by atoms with van der Waals surface area (Å²) >= 11 is 6.55. The second-order valence-corrected chi connectivity index (χ2v) is 12.2.